The molecule has 1 saturated heterocycles. The molecule has 0 aromatic rings. The largest absolute Gasteiger partial charge is 0.345 e. The topological polar surface area (TPSA) is 18.5 Å². The molecule has 64 valence electrons. The molecule has 1 heterocycles. The Morgan fingerprint density at radius 3 is 2.09 bits per heavy atom. The smallest absolute Gasteiger partial charge is 0.187 e. The first-order valence-electron chi connectivity index (χ1n) is 4.12. The molecule has 2 nitrogen and oxygen atoms in total. The Morgan fingerprint density at radius 2 is 1.73 bits per heavy atom. The second kappa shape index (κ2) is 2.35. The highest BCUT2D eigenvalue weighted by atomic mass is 35.5. The second-order valence-electron chi connectivity index (χ2n) is 3.58. The van der Waals surface area contributed by atoms with Crippen molar-refractivity contribution in [3.63, 3.8) is 0 Å². The third-order valence-electron chi connectivity index (χ3n) is 2.25. The van der Waals surface area contributed by atoms with Crippen molar-refractivity contribution < 1.29 is 9.47 Å². The third-order valence-corrected chi connectivity index (χ3v) is 2.73. The van der Waals surface area contributed by atoms with E-state index in [1.165, 1.54) is 0 Å². The normalized spacial score (nSPS) is 56.5. The van der Waals surface area contributed by atoms with Crippen molar-refractivity contribution in [1.82, 2.24) is 0 Å². The molecule has 2 rings (SSSR count). The van der Waals surface area contributed by atoms with Gasteiger partial charge < -0.3 is 9.47 Å². The van der Waals surface area contributed by atoms with Crippen LogP contribution in [0.5, 0.6) is 0 Å². The van der Waals surface area contributed by atoms with Gasteiger partial charge in [0.25, 0.3) is 0 Å². The fraction of sp³-hybridized carbons (Fsp3) is 1.00. The minimum Gasteiger partial charge on any atom is -0.345 e. The zero-order valence-electron chi connectivity index (χ0n) is 6.84. The van der Waals surface area contributed by atoms with Gasteiger partial charge in [0.05, 0.1) is 17.6 Å². The van der Waals surface area contributed by atoms with Crippen LogP contribution in [0.3, 0.4) is 0 Å². The molecule has 11 heavy (non-hydrogen) atoms. The van der Waals surface area contributed by atoms with Crippen molar-refractivity contribution in [2.75, 3.05) is 0 Å². The molecule has 2 fully saturated rings. The number of rotatable bonds is 0. The van der Waals surface area contributed by atoms with E-state index in [0.717, 1.165) is 12.8 Å². The van der Waals surface area contributed by atoms with Crippen LogP contribution in [0.4, 0.5) is 0 Å². The predicted octanol–water partition coefficient (Wildman–Crippen LogP) is 1.91. The summed E-state index contributed by atoms with van der Waals surface area (Å²) < 4.78 is 11.2. The van der Waals surface area contributed by atoms with E-state index >= 15 is 0 Å². The molecule has 0 bridgehead atoms. The monoisotopic (exact) mass is 176 g/mol. The van der Waals surface area contributed by atoms with Gasteiger partial charge in [-0.15, -0.1) is 11.6 Å². The van der Waals surface area contributed by atoms with Gasteiger partial charge in [0.2, 0.25) is 0 Å². The van der Waals surface area contributed by atoms with Crippen LogP contribution >= 0.6 is 11.6 Å². The molecule has 0 aromatic heterocycles. The predicted molar refractivity (Wildman–Crippen MR) is 42.7 cm³/mol. The van der Waals surface area contributed by atoms with Crippen molar-refractivity contribution in [2.24, 2.45) is 0 Å². The lowest BCUT2D eigenvalue weighted by Gasteiger charge is -2.33. The number of alkyl halides is 1. The summed E-state index contributed by atoms with van der Waals surface area (Å²) in [6, 6.07) is 0. The highest BCUT2D eigenvalue weighted by molar-refractivity contribution is 6.23. The summed E-state index contributed by atoms with van der Waals surface area (Å²) in [5.41, 5.74) is 0. The average molecular weight is 177 g/mol. The minimum atomic E-state index is -0.404. The molecule has 3 atom stereocenters. The second-order valence-corrected chi connectivity index (χ2v) is 4.10. The highest BCUT2D eigenvalue weighted by Gasteiger charge is 2.60. The van der Waals surface area contributed by atoms with Gasteiger partial charge in [0.15, 0.2) is 5.79 Å². The van der Waals surface area contributed by atoms with E-state index in [0.29, 0.717) is 12.2 Å². The molecule has 1 saturated carbocycles. The van der Waals surface area contributed by atoms with Gasteiger partial charge >= 0.3 is 0 Å². The number of hydrogen-bond acceptors (Lipinski definition) is 2. The lowest BCUT2D eigenvalue weighted by molar-refractivity contribution is -0.254. The van der Waals surface area contributed by atoms with E-state index < -0.39 is 5.79 Å². The average Bonchev–Trinajstić information content (AvgIpc) is 2.37. The van der Waals surface area contributed by atoms with Gasteiger partial charge in [-0.05, 0) is 20.3 Å². The van der Waals surface area contributed by atoms with Crippen LogP contribution in [0, 0.1) is 0 Å². The fourth-order valence-electron chi connectivity index (χ4n) is 1.71. The summed E-state index contributed by atoms with van der Waals surface area (Å²) in [5, 5.41) is 0.0766. The molecular formula is C8H13ClO2. The SMILES string of the molecule is C[C@@H]1C[C@@H](C)OC2(CC2Cl)O1. The lowest BCUT2D eigenvalue weighted by Crippen LogP contribution is -2.38. The van der Waals surface area contributed by atoms with Crippen LogP contribution in [0.25, 0.3) is 0 Å². The Hall–Kier alpha value is 0.210. The van der Waals surface area contributed by atoms with Crippen molar-refractivity contribution in [3.8, 4) is 0 Å². The Labute approximate surface area is 71.8 Å². The Balaban J connectivity index is 2.03. The van der Waals surface area contributed by atoms with E-state index in [1.54, 1.807) is 0 Å². The molecule has 1 aliphatic carbocycles. The molecule has 0 radical (unpaired) electrons. The first-order chi connectivity index (χ1) is 5.12. The maximum absolute atomic E-state index is 5.90. The minimum absolute atomic E-state index is 0.0766. The summed E-state index contributed by atoms with van der Waals surface area (Å²) in [5.74, 6) is -0.404. The van der Waals surface area contributed by atoms with Crippen molar-refractivity contribution in [1.29, 1.82) is 0 Å². The molecule has 2 aliphatic rings. The van der Waals surface area contributed by atoms with Crippen LogP contribution in [0.2, 0.25) is 0 Å². The van der Waals surface area contributed by atoms with Crippen LogP contribution in [-0.4, -0.2) is 23.4 Å². The zero-order valence-corrected chi connectivity index (χ0v) is 7.60. The maximum atomic E-state index is 5.90. The Bertz CT molecular complexity index is 161. The van der Waals surface area contributed by atoms with Crippen molar-refractivity contribution in [2.45, 2.75) is 50.1 Å². The fourth-order valence-corrected chi connectivity index (χ4v) is 2.03. The molecular weight excluding hydrogens is 164 g/mol. The van der Waals surface area contributed by atoms with Gasteiger partial charge in [0.1, 0.15) is 0 Å². The summed E-state index contributed by atoms with van der Waals surface area (Å²) >= 11 is 5.90. The maximum Gasteiger partial charge on any atom is 0.187 e. The summed E-state index contributed by atoms with van der Waals surface area (Å²) in [6.45, 7) is 4.14. The van der Waals surface area contributed by atoms with Gasteiger partial charge in [-0.25, -0.2) is 0 Å². The quantitative estimate of drug-likeness (QED) is 0.525. The summed E-state index contributed by atoms with van der Waals surface area (Å²) in [4.78, 5) is 0. The number of hydrogen-bond donors (Lipinski definition) is 0. The van der Waals surface area contributed by atoms with Crippen LogP contribution in [0.1, 0.15) is 26.7 Å². The van der Waals surface area contributed by atoms with E-state index in [1.807, 2.05) is 0 Å². The molecule has 0 amide bonds. The Kier molecular flexibility index (Phi) is 1.67. The first-order valence-corrected chi connectivity index (χ1v) is 4.56. The molecule has 0 aromatic carbocycles. The summed E-state index contributed by atoms with van der Waals surface area (Å²) in [6.07, 6.45) is 2.42. The van der Waals surface area contributed by atoms with Crippen LogP contribution in [-0.2, 0) is 9.47 Å². The van der Waals surface area contributed by atoms with E-state index in [9.17, 15) is 0 Å². The van der Waals surface area contributed by atoms with Crippen LogP contribution < -0.4 is 0 Å². The molecule has 3 heteroatoms. The molecule has 0 N–H and O–H groups in total. The highest BCUT2D eigenvalue weighted by Crippen LogP contribution is 2.49. The van der Waals surface area contributed by atoms with E-state index in [4.69, 9.17) is 21.1 Å². The van der Waals surface area contributed by atoms with Gasteiger partial charge in [-0.3, -0.25) is 0 Å². The third kappa shape index (κ3) is 1.28. The number of halogens is 1. The molecule has 1 unspecified atom stereocenters. The van der Waals surface area contributed by atoms with E-state index in [-0.39, 0.29) is 5.38 Å². The van der Waals surface area contributed by atoms with Gasteiger partial charge in [-0.1, -0.05) is 0 Å². The summed E-state index contributed by atoms with van der Waals surface area (Å²) in [7, 11) is 0. The van der Waals surface area contributed by atoms with Crippen LogP contribution in [0.15, 0.2) is 0 Å². The molecule has 1 spiro atoms. The van der Waals surface area contributed by atoms with Gasteiger partial charge in [0, 0.05) is 6.42 Å². The number of ether oxygens (including phenoxy) is 2. The lowest BCUT2D eigenvalue weighted by atomic mass is 10.2. The van der Waals surface area contributed by atoms with Gasteiger partial charge in [-0.2, -0.15) is 0 Å². The first kappa shape index (κ1) is 7.84. The van der Waals surface area contributed by atoms with Crippen molar-refractivity contribution >= 4 is 11.6 Å². The molecule has 1 aliphatic heterocycles. The zero-order chi connectivity index (χ0) is 8.06. The Morgan fingerprint density at radius 1 is 1.27 bits per heavy atom. The standard InChI is InChI=1S/C8H13ClO2/c1-5-3-6(2)11-8(10-5)4-7(8)9/h5-7H,3-4H2,1-2H3/t5-,6-,7?/m1/s1. The van der Waals surface area contributed by atoms with Crippen molar-refractivity contribution in [3.05, 3.63) is 0 Å². The van der Waals surface area contributed by atoms with E-state index in [2.05, 4.69) is 13.8 Å².